The summed E-state index contributed by atoms with van der Waals surface area (Å²) in [6.07, 6.45) is 3.44. The van der Waals surface area contributed by atoms with Crippen LogP contribution in [0.4, 0.5) is 0 Å². The van der Waals surface area contributed by atoms with Gasteiger partial charge in [0.1, 0.15) is 6.33 Å². The second-order valence-electron chi connectivity index (χ2n) is 4.45. The van der Waals surface area contributed by atoms with Gasteiger partial charge in [0.2, 0.25) is 0 Å². The van der Waals surface area contributed by atoms with Crippen molar-refractivity contribution in [2.24, 2.45) is 0 Å². The van der Waals surface area contributed by atoms with Crippen LogP contribution in [-0.4, -0.2) is 19.7 Å². The Labute approximate surface area is 89.0 Å². The molecule has 0 aromatic carbocycles. The highest BCUT2D eigenvalue weighted by atomic mass is 15.4. The predicted octanol–water partition coefficient (Wildman–Crippen LogP) is 1.96. The summed E-state index contributed by atoms with van der Waals surface area (Å²) >= 11 is 0. The Kier molecular flexibility index (Phi) is 2.26. The van der Waals surface area contributed by atoms with Gasteiger partial charge in [-0.05, 0) is 12.1 Å². The van der Waals surface area contributed by atoms with Gasteiger partial charge in [0.15, 0.2) is 11.6 Å². The first kappa shape index (κ1) is 9.83. The van der Waals surface area contributed by atoms with Gasteiger partial charge in [-0.25, -0.2) is 14.6 Å². The summed E-state index contributed by atoms with van der Waals surface area (Å²) in [6, 6.07) is 5.72. The number of pyridine rings is 1. The quantitative estimate of drug-likeness (QED) is 0.710. The van der Waals surface area contributed by atoms with E-state index < -0.39 is 0 Å². The molecule has 0 aliphatic rings. The topological polar surface area (TPSA) is 43.6 Å². The minimum atomic E-state index is -0.0277. The van der Waals surface area contributed by atoms with Crippen molar-refractivity contribution in [1.82, 2.24) is 19.7 Å². The highest BCUT2D eigenvalue weighted by Crippen LogP contribution is 2.17. The van der Waals surface area contributed by atoms with E-state index in [0.717, 1.165) is 11.6 Å². The summed E-state index contributed by atoms with van der Waals surface area (Å²) in [4.78, 5) is 8.48. The lowest BCUT2D eigenvalue weighted by Gasteiger charge is -2.12. The lowest BCUT2D eigenvalue weighted by atomic mass is 9.96. The van der Waals surface area contributed by atoms with Crippen LogP contribution in [0.3, 0.4) is 0 Å². The molecule has 0 aliphatic carbocycles. The third-order valence-corrected chi connectivity index (χ3v) is 2.05. The van der Waals surface area contributed by atoms with E-state index in [4.69, 9.17) is 0 Å². The van der Waals surface area contributed by atoms with Gasteiger partial charge in [0.25, 0.3) is 0 Å². The van der Waals surface area contributed by atoms with Crippen LogP contribution in [0.15, 0.2) is 30.7 Å². The zero-order chi connectivity index (χ0) is 10.9. The fraction of sp³-hybridized carbons (Fsp3) is 0.364. The van der Waals surface area contributed by atoms with Gasteiger partial charge in [-0.2, -0.15) is 0 Å². The summed E-state index contributed by atoms with van der Waals surface area (Å²) in [7, 11) is 0. The van der Waals surface area contributed by atoms with E-state index in [1.54, 1.807) is 17.2 Å². The molecular formula is C11H14N4. The van der Waals surface area contributed by atoms with Gasteiger partial charge in [0.05, 0.1) is 0 Å². The Balaban J connectivity index is 2.37. The van der Waals surface area contributed by atoms with Crippen molar-refractivity contribution in [3.8, 4) is 5.82 Å². The van der Waals surface area contributed by atoms with E-state index in [0.29, 0.717) is 0 Å². The van der Waals surface area contributed by atoms with Gasteiger partial charge < -0.3 is 0 Å². The Hall–Kier alpha value is -1.71. The predicted molar refractivity (Wildman–Crippen MR) is 57.9 cm³/mol. The molecule has 0 N–H and O–H groups in total. The number of nitrogens with zero attached hydrogens (tertiary/aromatic N) is 4. The van der Waals surface area contributed by atoms with Crippen molar-refractivity contribution >= 4 is 0 Å². The van der Waals surface area contributed by atoms with Crippen LogP contribution >= 0.6 is 0 Å². The Morgan fingerprint density at radius 2 is 1.93 bits per heavy atom. The van der Waals surface area contributed by atoms with E-state index >= 15 is 0 Å². The van der Waals surface area contributed by atoms with Crippen LogP contribution < -0.4 is 0 Å². The maximum atomic E-state index is 4.39. The largest absolute Gasteiger partial charge is 0.237 e. The number of aromatic nitrogens is 4. The molecule has 0 atom stereocenters. The smallest absolute Gasteiger partial charge is 0.156 e. The van der Waals surface area contributed by atoms with Crippen molar-refractivity contribution in [2.75, 3.05) is 0 Å². The van der Waals surface area contributed by atoms with Crippen molar-refractivity contribution in [3.05, 3.63) is 36.5 Å². The van der Waals surface area contributed by atoms with E-state index in [1.807, 2.05) is 18.2 Å². The maximum Gasteiger partial charge on any atom is 0.156 e. The first-order chi connectivity index (χ1) is 7.07. The number of hydrogen-bond acceptors (Lipinski definition) is 3. The van der Waals surface area contributed by atoms with Crippen molar-refractivity contribution < 1.29 is 0 Å². The average Bonchev–Trinajstić information content (AvgIpc) is 2.67. The zero-order valence-corrected chi connectivity index (χ0v) is 9.18. The molecule has 2 aromatic heterocycles. The second-order valence-corrected chi connectivity index (χ2v) is 4.45. The summed E-state index contributed by atoms with van der Waals surface area (Å²) < 4.78 is 1.70. The Morgan fingerprint density at radius 3 is 2.47 bits per heavy atom. The monoisotopic (exact) mass is 202 g/mol. The molecular weight excluding hydrogens is 188 g/mol. The SMILES string of the molecule is CC(C)(C)c1ncn(-c2ccccn2)n1. The minimum absolute atomic E-state index is 0.0277. The van der Waals surface area contributed by atoms with E-state index in [9.17, 15) is 0 Å². The maximum absolute atomic E-state index is 4.39. The van der Waals surface area contributed by atoms with Gasteiger partial charge in [-0.15, -0.1) is 5.10 Å². The van der Waals surface area contributed by atoms with E-state index in [2.05, 4.69) is 35.8 Å². The average molecular weight is 202 g/mol. The fourth-order valence-corrected chi connectivity index (χ4v) is 1.21. The second kappa shape index (κ2) is 3.46. The van der Waals surface area contributed by atoms with Crippen LogP contribution in [-0.2, 0) is 5.41 Å². The summed E-state index contributed by atoms with van der Waals surface area (Å²) in [5.74, 6) is 1.62. The highest BCUT2D eigenvalue weighted by molar-refractivity contribution is 5.19. The molecule has 4 nitrogen and oxygen atoms in total. The fourth-order valence-electron chi connectivity index (χ4n) is 1.21. The molecule has 0 fully saturated rings. The Bertz CT molecular complexity index is 439. The molecule has 2 rings (SSSR count). The van der Waals surface area contributed by atoms with E-state index in [-0.39, 0.29) is 5.41 Å². The zero-order valence-electron chi connectivity index (χ0n) is 9.18. The molecule has 15 heavy (non-hydrogen) atoms. The van der Waals surface area contributed by atoms with Crippen LogP contribution in [0.2, 0.25) is 0 Å². The van der Waals surface area contributed by atoms with E-state index in [1.165, 1.54) is 0 Å². The van der Waals surface area contributed by atoms with Crippen molar-refractivity contribution in [2.45, 2.75) is 26.2 Å². The van der Waals surface area contributed by atoms with Gasteiger partial charge >= 0.3 is 0 Å². The summed E-state index contributed by atoms with van der Waals surface area (Å²) in [5, 5.41) is 4.39. The molecule has 0 aliphatic heterocycles. The van der Waals surface area contributed by atoms with Crippen molar-refractivity contribution in [1.29, 1.82) is 0 Å². The highest BCUT2D eigenvalue weighted by Gasteiger charge is 2.18. The molecule has 0 radical (unpaired) electrons. The summed E-state index contributed by atoms with van der Waals surface area (Å²) in [5.41, 5.74) is -0.0277. The lowest BCUT2D eigenvalue weighted by molar-refractivity contribution is 0.543. The molecule has 0 saturated carbocycles. The van der Waals surface area contributed by atoms with Crippen LogP contribution in [0.1, 0.15) is 26.6 Å². The third kappa shape index (κ3) is 2.03. The van der Waals surface area contributed by atoms with Crippen LogP contribution in [0, 0.1) is 0 Å². The molecule has 78 valence electrons. The third-order valence-electron chi connectivity index (χ3n) is 2.05. The molecule has 0 unspecified atom stereocenters. The standard InChI is InChI=1S/C11H14N4/c1-11(2,3)10-13-8-15(14-10)9-6-4-5-7-12-9/h4-8H,1-3H3. The van der Waals surface area contributed by atoms with Gasteiger partial charge in [-0.3, -0.25) is 0 Å². The first-order valence-electron chi connectivity index (χ1n) is 4.91. The molecule has 2 heterocycles. The lowest BCUT2D eigenvalue weighted by Crippen LogP contribution is -2.14. The van der Waals surface area contributed by atoms with Crippen LogP contribution in [0.5, 0.6) is 0 Å². The van der Waals surface area contributed by atoms with Crippen molar-refractivity contribution in [3.63, 3.8) is 0 Å². The molecule has 4 heteroatoms. The summed E-state index contributed by atoms with van der Waals surface area (Å²) in [6.45, 7) is 6.27. The molecule has 0 saturated heterocycles. The first-order valence-corrected chi connectivity index (χ1v) is 4.91. The number of hydrogen-bond donors (Lipinski definition) is 0. The number of rotatable bonds is 1. The van der Waals surface area contributed by atoms with Gasteiger partial charge in [0, 0.05) is 11.6 Å². The molecule has 2 aromatic rings. The molecule has 0 spiro atoms. The van der Waals surface area contributed by atoms with Gasteiger partial charge in [-0.1, -0.05) is 26.8 Å². The molecule has 0 bridgehead atoms. The van der Waals surface area contributed by atoms with Crippen LogP contribution in [0.25, 0.3) is 5.82 Å². The molecule has 0 amide bonds. The minimum Gasteiger partial charge on any atom is -0.237 e. The normalized spacial score (nSPS) is 11.7. The Morgan fingerprint density at radius 1 is 1.13 bits per heavy atom.